The van der Waals surface area contributed by atoms with Gasteiger partial charge in [-0.2, -0.15) is 0 Å². The fourth-order valence-corrected chi connectivity index (χ4v) is 3.39. The number of halogens is 2. The van der Waals surface area contributed by atoms with Gasteiger partial charge < -0.3 is 14.6 Å². The largest absolute Gasteiger partial charge is 0.441 e. The highest BCUT2D eigenvalue weighted by Crippen LogP contribution is 2.25. The average molecular weight is 460 g/mol. The van der Waals surface area contributed by atoms with Crippen LogP contribution in [0, 0.1) is 0 Å². The first kappa shape index (κ1) is 22.8. The molecule has 1 N–H and O–H groups in total. The molecule has 0 aliphatic rings. The summed E-state index contributed by atoms with van der Waals surface area (Å²) in [4.78, 5) is 31.0. The van der Waals surface area contributed by atoms with Gasteiger partial charge in [0.05, 0.1) is 23.5 Å². The van der Waals surface area contributed by atoms with Crippen LogP contribution in [-0.2, 0) is 16.0 Å². The number of anilines is 1. The minimum Gasteiger partial charge on any atom is -0.441 e. The van der Waals surface area contributed by atoms with Crippen LogP contribution in [0.5, 0.6) is 0 Å². The molecule has 2 amide bonds. The van der Waals surface area contributed by atoms with E-state index in [1.165, 1.54) is 4.90 Å². The van der Waals surface area contributed by atoms with Gasteiger partial charge in [-0.15, -0.1) is 0 Å². The van der Waals surface area contributed by atoms with Crippen molar-refractivity contribution in [3.05, 3.63) is 70.7 Å². The Kier molecular flexibility index (Phi) is 8.09. The van der Waals surface area contributed by atoms with E-state index in [1.54, 1.807) is 24.4 Å². The number of rotatable bonds is 9. The molecule has 0 aliphatic heterocycles. The zero-order valence-electron chi connectivity index (χ0n) is 17.1. The second kappa shape index (κ2) is 11.0. The maximum Gasteiger partial charge on any atom is 0.244 e. The van der Waals surface area contributed by atoms with E-state index in [2.05, 4.69) is 10.3 Å². The van der Waals surface area contributed by atoms with Crippen molar-refractivity contribution in [3.8, 4) is 11.3 Å². The van der Waals surface area contributed by atoms with E-state index in [9.17, 15) is 9.59 Å². The zero-order valence-corrected chi connectivity index (χ0v) is 18.6. The number of aryl methyl sites for hydroxylation is 1. The van der Waals surface area contributed by atoms with Gasteiger partial charge in [-0.05, 0) is 24.6 Å². The molecule has 0 atom stereocenters. The summed E-state index contributed by atoms with van der Waals surface area (Å²) in [7, 11) is 0. The van der Waals surface area contributed by atoms with Crippen molar-refractivity contribution in [2.75, 3.05) is 18.4 Å². The Balaban J connectivity index is 1.57. The number of oxazole rings is 1. The van der Waals surface area contributed by atoms with Crippen LogP contribution in [0.1, 0.15) is 25.7 Å². The van der Waals surface area contributed by atoms with Crippen molar-refractivity contribution in [2.24, 2.45) is 0 Å². The monoisotopic (exact) mass is 459 g/mol. The lowest BCUT2D eigenvalue weighted by atomic mass is 10.2. The number of benzene rings is 2. The number of amides is 2. The molecule has 8 heteroatoms. The molecule has 1 heterocycles. The molecule has 0 saturated heterocycles. The lowest BCUT2D eigenvalue weighted by molar-refractivity contribution is -0.134. The van der Waals surface area contributed by atoms with Gasteiger partial charge in [0.25, 0.3) is 0 Å². The summed E-state index contributed by atoms with van der Waals surface area (Å²) < 4.78 is 5.76. The minimum atomic E-state index is -0.339. The lowest BCUT2D eigenvalue weighted by Gasteiger charge is -2.21. The van der Waals surface area contributed by atoms with E-state index >= 15 is 0 Å². The van der Waals surface area contributed by atoms with Gasteiger partial charge in [0.1, 0.15) is 0 Å². The molecule has 0 fully saturated rings. The molecule has 0 spiro atoms. The number of carbonyl (C=O) groups is 2. The molecular weight excluding hydrogens is 437 g/mol. The van der Waals surface area contributed by atoms with Crippen LogP contribution in [0.3, 0.4) is 0 Å². The van der Waals surface area contributed by atoms with E-state index in [4.69, 9.17) is 27.6 Å². The number of nitrogens with zero attached hydrogens (tertiary/aromatic N) is 2. The fourth-order valence-electron chi connectivity index (χ4n) is 3.05. The van der Waals surface area contributed by atoms with Gasteiger partial charge in [-0.25, -0.2) is 4.98 Å². The molecule has 3 rings (SSSR count). The fraction of sp³-hybridized carbons (Fsp3) is 0.261. The maximum absolute atomic E-state index is 12.7. The molecule has 0 unspecified atom stereocenters. The topological polar surface area (TPSA) is 75.4 Å². The van der Waals surface area contributed by atoms with Crippen LogP contribution in [-0.4, -0.2) is 34.8 Å². The second-order valence-corrected chi connectivity index (χ2v) is 7.82. The standard InChI is InChI=1S/C23H23Cl2N3O3/c1-2-12-28(15-21(29)27-19-13-17(24)8-9-18(19)25)23(30)11-10-22-26-14-20(31-22)16-6-4-3-5-7-16/h3-9,13-14H,2,10-12,15H2,1H3,(H,27,29). The number of aromatic nitrogens is 1. The normalized spacial score (nSPS) is 10.7. The van der Waals surface area contributed by atoms with E-state index < -0.39 is 0 Å². The summed E-state index contributed by atoms with van der Waals surface area (Å²) in [6.45, 7) is 2.35. The molecule has 0 aliphatic carbocycles. The Bertz CT molecular complexity index is 1040. The molecule has 0 bridgehead atoms. The zero-order chi connectivity index (χ0) is 22.2. The van der Waals surface area contributed by atoms with Crippen LogP contribution >= 0.6 is 23.2 Å². The summed E-state index contributed by atoms with van der Waals surface area (Å²) in [6, 6.07) is 14.5. The van der Waals surface area contributed by atoms with Crippen LogP contribution < -0.4 is 5.32 Å². The highest BCUT2D eigenvalue weighted by Gasteiger charge is 2.18. The molecule has 0 saturated carbocycles. The van der Waals surface area contributed by atoms with Gasteiger partial charge in [-0.1, -0.05) is 60.5 Å². The van der Waals surface area contributed by atoms with Crippen LogP contribution in [0.15, 0.2) is 59.1 Å². The first-order valence-electron chi connectivity index (χ1n) is 9.99. The smallest absolute Gasteiger partial charge is 0.244 e. The molecule has 6 nitrogen and oxygen atoms in total. The third-order valence-electron chi connectivity index (χ3n) is 4.55. The van der Waals surface area contributed by atoms with E-state index in [0.717, 1.165) is 12.0 Å². The number of nitrogens with one attached hydrogen (secondary N) is 1. The molecule has 0 radical (unpaired) electrons. The first-order valence-corrected chi connectivity index (χ1v) is 10.7. The summed E-state index contributed by atoms with van der Waals surface area (Å²) in [5.74, 6) is 0.659. The number of carbonyl (C=O) groups excluding carboxylic acids is 2. The first-order chi connectivity index (χ1) is 15.0. The second-order valence-electron chi connectivity index (χ2n) is 6.97. The van der Waals surface area contributed by atoms with Gasteiger partial charge in [-0.3, -0.25) is 9.59 Å². The van der Waals surface area contributed by atoms with E-state index in [-0.39, 0.29) is 24.8 Å². The van der Waals surface area contributed by atoms with Gasteiger partial charge >= 0.3 is 0 Å². The SMILES string of the molecule is CCCN(CC(=O)Nc1cc(Cl)ccc1Cl)C(=O)CCc1ncc(-c2ccccc2)o1. The van der Waals surface area contributed by atoms with Crippen molar-refractivity contribution in [3.63, 3.8) is 0 Å². The van der Waals surface area contributed by atoms with E-state index in [0.29, 0.717) is 40.3 Å². The Morgan fingerprint density at radius 1 is 1.13 bits per heavy atom. The summed E-state index contributed by atoms with van der Waals surface area (Å²) in [5.41, 5.74) is 1.34. The third kappa shape index (κ3) is 6.57. The average Bonchev–Trinajstić information content (AvgIpc) is 3.24. The molecule has 2 aromatic carbocycles. The van der Waals surface area contributed by atoms with Gasteiger partial charge in [0, 0.05) is 30.0 Å². The summed E-state index contributed by atoms with van der Waals surface area (Å²) >= 11 is 12.1. The van der Waals surface area contributed by atoms with E-state index in [1.807, 2.05) is 37.3 Å². The van der Waals surface area contributed by atoms with Crippen LogP contribution in [0.25, 0.3) is 11.3 Å². The van der Waals surface area contributed by atoms with Crippen molar-refractivity contribution in [2.45, 2.75) is 26.2 Å². The highest BCUT2D eigenvalue weighted by molar-refractivity contribution is 6.35. The number of hydrogen-bond acceptors (Lipinski definition) is 4. The van der Waals surface area contributed by atoms with Crippen LogP contribution in [0.4, 0.5) is 5.69 Å². The van der Waals surface area contributed by atoms with Crippen LogP contribution in [0.2, 0.25) is 10.0 Å². The summed E-state index contributed by atoms with van der Waals surface area (Å²) in [5, 5.41) is 3.55. The quantitative estimate of drug-likeness (QED) is 0.460. The lowest BCUT2D eigenvalue weighted by Crippen LogP contribution is -2.38. The van der Waals surface area contributed by atoms with Gasteiger partial charge in [0.15, 0.2) is 11.7 Å². The predicted molar refractivity (Wildman–Crippen MR) is 122 cm³/mol. The van der Waals surface area contributed by atoms with Crippen molar-refractivity contribution >= 4 is 40.7 Å². The Morgan fingerprint density at radius 3 is 2.65 bits per heavy atom. The van der Waals surface area contributed by atoms with Crippen molar-refractivity contribution < 1.29 is 14.0 Å². The molecular formula is C23H23Cl2N3O3. The molecule has 1 aromatic heterocycles. The van der Waals surface area contributed by atoms with Crippen molar-refractivity contribution in [1.82, 2.24) is 9.88 Å². The minimum absolute atomic E-state index is 0.0731. The third-order valence-corrected chi connectivity index (χ3v) is 5.11. The predicted octanol–water partition coefficient (Wildman–Crippen LogP) is 5.46. The Hall–Kier alpha value is -2.83. The highest BCUT2D eigenvalue weighted by atomic mass is 35.5. The van der Waals surface area contributed by atoms with Gasteiger partial charge in [0.2, 0.25) is 11.8 Å². The molecule has 3 aromatic rings. The molecule has 31 heavy (non-hydrogen) atoms. The Labute approximate surface area is 191 Å². The van der Waals surface area contributed by atoms with Crippen molar-refractivity contribution in [1.29, 1.82) is 0 Å². The number of hydrogen-bond donors (Lipinski definition) is 1. The molecule has 162 valence electrons. The Morgan fingerprint density at radius 2 is 1.90 bits per heavy atom. The summed E-state index contributed by atoms with van der Waals surface area (Å²) in [6.07, 6.45) is 2.93. The maximum atomic E-state index is 12.7.